The molecule has 23 heteroatoms. The minimum Gasteiger partial charge on any atom is -0.495 e. The second-order valence-electron chi connectivity index (χ2n) is 20.6. The highest BCUT2D eigenvalue weighted by Crippen LogP contribution is 2.44. The molecule has 2 saturated heterocycles. The number of hydrogen-bond donors (Lipinski definition) is 5. The summed E-state index contributed by atoms with van der Waals surface area (Å²) < 4.78 is 16.7. The molecule has 2 aliphatic heterocycles. The van der Waals surface area contributed by atoms with E-state index in [-0.39, 0.29) is 62.7 Å². The molecule has 0 radical (unpaired) electrons. The molecule has 434 valence electrons. The third kappa shape index (κ3) is 15.8. The normalized spacial score (nSPS) is 16.5. The smallest absolute Gasteiger partial charge is 0.327 e. The highest BCUT2D eigenvalue weighted by molar-refractivity contribution is 7.10. The molecule has 8 rings (SSSR count). The number of ether oxygens (including phenoxy) is 3. The molecular weight excluding hydrogens is 1100 g/mol. The minimum atomic E-state index is -0.583. The zero-order valence-corrected chi connectivity index (χ0v) is 49.1. The average Bonchev–Trinajstić information content (AvgIpc) is 4.39. The Morgan fingerprint density at radius 1 is 0.840 bits per heavy atom. The Hall–Kier alpha value is -6.78. The van der Waals surface area contributed by atoms with E-state index in [9.17, 15) is 24.0 Å². The van der Waals surface area contributed by atoms with E-state index in [1.54, 1.807) is 44.6 Å². The van der Waals surface area contributed by atoms with Crippen LogP contribution in [-0.2, 0) is 14.4 Å². The van der Waals surface area contributed by atoms with Crippen LogP contribution in [0.15, 0.2) is 72.4 Å². The van der Waals surface area contributed by atoms with E-state index in [4.69, 9.17) is 42.4 Å². The van der Waals surface area contributed by atoms with Gasteiger partial charge in [-0.2, -0.15) is 0 Å². The maximum absolute atomic E-state index is 14.2. The van der Waals surface area contributed by atoms with Crippen molar-refractivity contribution in [2.24, 2.45) is 5.92 Å². The van der Waals surface area contributed by atoms with Crippen molar-refractivity contribution in [3.05, 3.63) is 98.7 Å². The number of carbonyl (C=O) groups is 5. The van der Waals surface area contributed by atoms with Crippen LogP contribution in [0.2, 0.25) is 10.0 Å². The van der Waals surface area contributed by atoms with Crippen LogP contribution < -0.4 is 50.6 Å². The Morgan fingerprint density at radius 2 is 1.57 bits per heavy atom. The third-order valence-electron chi connectivity index (χ3n) is 15.2. The van der Waals surface area contributed by atoms with Crippen LogP contribution >= 0.6 is 34.5 Å². The number of anilines is 5. The summed E-state index contributed by atoms with van der Waals surface area (Å²) in [6.07, 6.45) is 11.6. The molecule has 0 unspecified atom stereocenters. The van der Waals surface area contributed by atoms with Crippen LogP contribution in [0, 0.1) is 5.92 Å². The van der Waals surface area contributed by atoms with E-state index < -0.39 is 18.1 Å². The molecule has 3 atom stereocenters. The quantitative estimate of drug-likeness (QED) is 0.0271. The fraction of sp³-hybridized carbons (Fsp3) is 0.483. The number of thiazole rings is 1. The zero-order valence-electron chi connectivity index (χ0n) is 46.7. The van der Waals surface area contributed by atoms with Crippen LogP contribution in [-0.4, -0.2) is 147 Å². The van der Waals surface area contributed by atoms with E-state index in [1.165, 1.54) is 42.8 Å². The van der Waals surface area contributed by atoms with E-state index in [0.29, 0.717) is 54.9 Å². The Bertz CT molecular complexity index is 2930. The molecule has 4 heterocycles. The monoisotopic (exact) mass is 1170 g/mol. The van der Waals surface area contributed by atoms with Gasteiger partial charge in [-0.25, -0.2) is 19.7 Å². The SMILES string of the molecule is CN[C@@H](C)C(=O)N[C@H](C(=O)N1CCC[C@H]1c1nc(C(=O)c2cccc(OCCCCCCNC(=O)CN3CCN(c4ccc(Nc5cc(N(C)C(=O)Nc6c(Cl)c(OC)cc(OC)c6Cl)ncn5)cc4)CC3)c2)cs1)C1CCCCC1. The number of carbonyl (C=O) groups excluding carboxylic acids is 5. The number of methoxy groups -OCH3 is 2. The van der Waals surface area contributed by atoms with Crippen molar-refractivity contribution in [3.63, 3.8) is 0 Å². The van der Waals surface area contributed by atoms with Crippen molar-refractivity contribution in [3.8, 4) is 17.2 Å². The van der Waals surface area contributed by atoms with Crippen LogP contribution in [0.4, 0.5) is 33.5 Å². The first-order valence-corrected chi connectivity index (χ1v) is 29.5. The molecule has 5 amide bonds. The molecule has 5 N–H and O–H groups in total. The first-order chi connectivity index (χ1) is 39.2. The van der Waals surface area contributed by atoms with E-state index in [2.05, 4.69) is 46.4 Å². The summed E-state index contributed by atoms with van der Waals surface area (Å²) in [5.74, 6) is 1.67. The number of hydrogen-bond acceptors (Lipinski definition) is 16. The van der Waals surface area contributed by atoms with Crippen LogP contribution in [0.1, 0.15) is 105 Å². The fourth-order valence-corrected chi connectivity index (χ4v) is 11.9. The minimum absolute atomic E-state index is 0.0208. The molecule has 3 fully saturated rings. The predicted octanol–water partition coefficient (Wildman–Crippen LogP) is 9.11. The van der Waals surface area contributed by atoms with Gasteiger partial charge >= 0.3 is 6.03 Å². The number of likely N-dealkylation sites (N-methyl/N-ethyl adjacent to an activating group) is 1. The van der Waals surface area contributed by atoms with Gasteiger partial charge in [-0.15, -0.1) is 11.3 Å². The molecule has 3 aromatic carbocycles. The summed E-state index contributed by atoms with van der Waals surface area (Å²) in [5.41, 5.74) is 2.83. The number of piperazine rings is 1. The van der Waals surface area contributed by atoms with Gasteiger partial charge in [-0.1, -0.05) is 67.4 Å². The van der Waals surface area contributed by atoms with E-state index in [1.807, 2.05) is 41.3 Å². The number of unbranched alkanes of at least 4 members (excludes halogenated alkanes) is 3. The highest BCUT2D eigenvalue weighted by atomic mass is 35.5. The van der Waals surface area contributed by atoms with Gasteiger partial charge in [0.2, 0.25) is 23.5 Å². The Labute approximate surface area is 488 Å². The summed E-state index contributed by atoms with van der Waals surface area (Å²) in [6, 6.07) is 16.6. The molecule has 20 nitrogen and oxygen atoms in total. The Morgan fingerprint density at radius 3 is 2.28 bits per heavy atom. The molecular formula is C58H74Cl2N12O8S. The molecule has 1 aliphatic carbocycles. The lowest BCUT2D eigenvalue weighted by molar-refractivity contribution is -0.139. The van der Waals surface area contributed by atoms with Crippen LogP contribution in [0.25, 0.3) is 0 Å². The standard InChI is InChI=1S/C58H74Cl2N12O8S/c1-37(61-2)55(75)67-52(38-15-9-8-10-16-38)57(76)72-25-14-19-44(72)56-66-43(35-81-56)54(74)39-17-13-18-42(31-39)80-30-12-7-6-11-24-62-49(73)34-70-26-28-71(29-27-70)41-22-20-40(21-23-41)65-47-33-48(64-36-63-47)69(3)58(77)68-53-50(59)45(78-4)32-46(79-5)51(53)60/h13,17-18,20-23,31-33,35-38,44,52,61H,6-12,14-16,19,24-30,34H2,1-5H3,(H,62,73)(H,67,75)(H,68,77)(H,63,64,65)/t37-,44-,52-/m0/s1. The molecule has 5 aromatic rings. The first kappa shape index (κ1) is 60.3. The number of likely N-dealkylation sites (tertiary alicyclic amines) is 1. The van der Waals surface area contributed by atoms with Gasteiger partial charge < -0.3 is 50.6 Å². The molecule has 1 saturated carbocycles. The molecule has 81 heavy (non-hydrogen) atoms. The third-order valence-corrected chi connectivity index (χ3v) is 16.9. The lowest BCUT2D eigenvalue weighted by Crippen LogP contribution is -2.55. The lowest BCUT2D eigenvalue weighted by Gasteiger charge is -2.35. The number of nitrogens with one attached hydrogen (secondary N) is 5. The van der Waals surface area contributed by atoms with E-state index in [0.717, 1.165) is 113 Å². The largest absolute Gasteiger partial charge is 0.495 e. The van der Waals surface area contributed by atoms with Gasteiger partial charge in [0.15, 0.2) is 0 Å². The highest BCUT2D eigenvalue weighted by Gasteiger charge is 2.40. The number of ketones is 1. The van der Waals surface area contributed by atoms with Crippen LogP contribution in [0.3, 0.4) is 0 Å². The van der Waals surface area contributed by atoms with Crippen molar-refractivity contribution in [1.29, 1.82) is 0 Å². The summed E-state index contributed by atoms with van der Waals surface area (Å²) >= 11 is 14.3. The van der Waals surface area contributed by atoms with E-state index >= 15 is 0 Å². The number of aromatic nitrogens is 3. The van der Waals surface area contributed by atoms with Gasteiger partial charge in [0, 0.05) is 80.8 Å². The Kier molecular flexibility index (Phi) is 21.8. The topological polar surface area (TPSA) is 225 Å². The summed E-state index contributed by atoms with van der Waals surface area (Å²) in [6.45, 7) is 6.93. The van der Waals surface area contributed by atoms with Crippen molar-refractivity contribution in [2.45, 2.75) is 95.7 Å². The molecule has 3 aliphatic rings. The summed E-state index contributed by atoms with van der Waals surface area (Å²) in [7, 11) is 6.19. The van der Waals surface area contributed by atoms with Crippen molar-refractivity contribution in [1.82, 2.24) is 40.7 Å². The van der Waals surface area contributed by atoms with Gasteiger partial charge in [-0.3, -0.25) is 29.0 Å². The van der Waals surface area contributed by atoms with Crippen molar-refractivity contribution < 1.29 is 38.2 Å². The number of halogens is 2. The number of benzene rings is 3. The van der Waals surface area contributed by atoms with Gasteiger partial charge in [-0.05, 0) is 94.8 Å². The van der Waals surface area contributed by atoms with Crippen LogP contribution in [0.5, 0.6) is 17.2 Å². The number of urea groups is 1. The molecule has 2 aromatic heterocycles. The van der Waals surface area contributed by atoms with Crippen molar-refractivity contribution >= 4 is 92.8 Å². The predicted molar refractivity (Wildman–Crippen MR) is 317 cm³/mol. The lowest BCUT2D eigenvalue weighted by atomic mass is 9.83. The maximum Gasteiger partial charge on any atom is 0.327 e. The number of rotatable bonds is 25. The van der Waals surface area contributed by atoms with Crippen molar-refractivity contribution in [2.75, 3.05) is 101 Å². The summed E-state index contributed by atoms with van der Waals surface area (Å²) in [4.78, 5) is 88.2. The van der Waals surface area contributed by atoms with Gasteiger partial charge in [0.1, 0.15) is 62.0 Å². The van der Waals surface area contributed by atoms with Gasteiger partial charge in [0.25, 0.3) is 0 Å². The number of nitrogens with zero attached hydrogens (tertiary/aromatic N) is 7. The fourth-order valence-electron chi connectivity index (χ4n) is 10.4. The second-order valence-corrected chi connectivity index (χ2v) is 22.2. The Balaban J connectivity index is 0.702. The molecule has 0 spiro atoms. The maximum atomic E-state index is 14.2. The number of amides is 5. The molecule has 0 bridgehead atoms. The first-order valence-electron chi connectivity index (χ1n) is 27.8. The zero-order chi connectivity index (χ0) is 57.4. The van der Waals surface area contributed by atoms with Gasteiger partial charge in [0.05, 0.1) is 45.1 Å². The summed E-state index contributed by atoms with van der Waals surface area (Å²) in [5, 5.41) is 17.9. The second kappa shape index (κ2) is 29.3. The average molecular weight is 1170 g/mol.